The maximum Gasteiger partial charge on any atom is 0.0336 e. The van der Waals surface area contributed by atoms with Crippen molar-refractivity contribution in [1.29, 1.82) is 0 Å². The molecule has 0 aromatic rings. The Hall–Kier alpha value is 0.290. The van der Waals surface area contributed by atoms with Gasteiger partial charge in [0.05, 0.1) is 0 Å². The summed E-state index contributed by atoms with van der Waals surface area (Å²) in [4.78, 5) is 0. The molecule has 0 bridgehead atoms. The molecule has 0 aromatic carbocycles. The Morgan fingerprint density at radius 2 is 1.00 bits per heavy atom. The fraction of sp³-hybridized carbons (Fsp3) is 1.00. The molecule has 0 rings (SSSR count). The molecule has 18 heavy (non-hydrogen) atoms. The minimum Gasteiger partial charge on any atom is -0.123 e. The quantitative estimate of drug-likeness (QED) is 0.234. The van der Waals surface area contributed by atoms with E-state index in [1.165, 1.54) is 89.9 Å². The number of rotatable bonds is 14. The second-order valence-electron chi connectivity index (χ2n) is 5.71. The van der Waals surface area contributed by atoms with Gasteiger partial charge in [0.15, 0.2) is 0 Å². The monoisotopic (exact) mass is 274 g/mol. The molecule has 0 fully saturated rings. The van der Waals surface area contributed by atoms with Crippen molar-refractivity contribution in [3.8, 4) is 0 Å². The molecule has 0 saturated carbocycles. The van der Waals surface area contributed by atoms with Crippen LogP contribution in [0.1, 0.15) is 104 Å². The van der Waals surface area contributed by atoms with Gasteiger partial charge in [0.2, 0.25) is 0 Å². The molecule has 0 nitrogen and oxygen atoms in total. The van der Waals surface area contributed by atoms with Gasteiger partial charge in [-0.3, -0.25) is 0 Å². The Kier molecular flexibility index (Phi) is 15.6. The number of alkyl halides is 1. The molecule has 110 valence electrons. The van der Waals surface area contributed by atoms with Gasteiger partial charge in [-0.1, -0.05) is 90.9 Å². The van der Waals surface area contributed by atoms with E-state index in [0.29, 0.717) is 5.38 Å². The van der Waals surface area contributed by atoms with Crippen molar-refractivity contribution in [3.05, 3.63) is 0 Å². The second-order valence-corrected chi connectivity index (χ2v) is 6.33. The fourth-order valence-corrected chi connectivity index (χ4v) is 2.86. The third-order valence-electron chi connectivity index (χ3n) is 3.72. The average molecular weight is 275 g/mol. The molecule has 1 atom stereocenters. The van der Waals surface area contributed by atoms with E-state index in [4.69, 9.17) is 11.6 Å². The van der Waals surface area contributed by atoms with E-state index in [1.807, 2.05) is 0 Å². The van der Waals surface area contributed by atoms with Crippen LogP contribution in [0.5, 0.6) is 0 Å². The van der Waals surface area contributed by atoms with Crippen molar-refractivity contribution in [2.24, 2.45) is 0 Å². The van der Waals surface area contributed by atoms with Crippen molar-refractivity contribution in [2.45, 2.75) is 109 Å². The minimum atomic E-state index is 0.438. The lowest BCUT2D eigenvalue weighted by Gasteiger charge is -2.07. The van der Waals surface area contributed by atoms with Crippen molar-refractivity contribution >= 4 is 11.6 Å². The highest BCUT2D eigenvalue weighted by Gasteiger charge is 2.01. The van der Waals surface area contributed by atoms with Crippen LogP contribution in [-0.2, 0) is 0 Å². The van der Waals surface area contributed by atoms with Crippen LogP contribution in [0.3, 0.4) is 0 Å². The summed E-state index contributed by atoms with van der Waals surface area (Å²) >= 11 is 6.20. The van der Waals surface area contributed by atoms with E-state index in [9.17, 15) is 0 Å². The van der Waals surface area contributed by atoms with Gasteiger partial charge in [-0.15, -0.1) is 11.6 Å². The van der Waals surface area contributed by atoms with E-state index in [0.717, 1.165) is 0 Å². The average Bonchev–Trinajstić information content (AvgIpc) is 2.36. The van der Waals surface area contributed by atoms with Crippen LogP contribution in [-0.4, -0.2) is 5.38 Å². The van der Waals surface area contributed by atoms with Gasteiger partial charge in [-0.2, -0.15) is 0 Å². The van der Waals surface area contributed by atoms with Crippen molar-refractivity contribution in [2.75, 3.05) is 0 Å². The Balaban J connectivity index is 2.98. The number of hydrogen-bond acceptors (Lipinski definition) is 0. The van der Waals surface area contributed by atoms with Gasteiger partial charge in [0.25, 0.3) is 0 Å². The summed E-state index contributed by atoms with van der Waals surface area (Å²) in [5.41, 5.74) is 0. The molecule has 0 aliphatic carbocycles. The SMILES string of the molecule is CCCCCCCCCCCCCC(Cl)CCC. The molecular weight excluding hydrogens is 240 g/mol. The van der Waals surface area contributed by atoms with Crippen LogP contribution in [0, 0.1) is 0 Å². The maximum atomic E-state index is 6.20. The molecule has 0 aliphatic rings. The third kappa shape index (κ3) is 14.4. The molecule has 1 heteroatoms. The Morgan fingerprint density at radius 1 is 0.556 bits per heavy atom. The molecule has 0 spiro atoms. The van der Waals surface area contributed by atoms with Crippen LogP contribution in [0.15, 0.2) is 0 Å². The first-order valence-corrected chi connectivity index (χ1v) is 8.89. The van der Waals surface area contributed by atoms with Crippen LogP contribution in [0.25, 0.3) is 0 Å². The maximum absolute atomic E-state index is 6.20. The predicted octanol–water partition coefficient (Wildman–Crippen LogP) is 7.10. The lowest BCUT2D eigenvalue weighted by molar-refractivity contribution is 0.536. The smallest absolute Gasteiger partial charge is 0.0336 e. The lowest BCUT2D eigenvalue weighted by atomic mass is 10.0. The van der Waals surface area contributed by atoms with Gasteiger partial charge < -0.3 is 0 Å². The number of halogens is 1. The minimum absolute atomic E-state index is 0.438. The fourth-order valence-electron chi connectivity index (χ4n) is 2.49. The van der Waals surface area contributed by atoms with Gasteiger partial charge in [-0.05, 0) is 12.8 Å². The van der Waals surface area contributed by atoms with E-state index >= 15 is 0 Å². The summed E-state index contributed by atoms with van der Waals surface area (Å²) in [5, 5.41) is 0.438. The summed E-state index contributed by atoms with van der Waals surface area (Å²) in [6.07, 6.45) is 19.3. The summed E-state index contributed by atoms with van der Waals surface area (Å²) in [5.74, 6) is 0. The second kappa shape index (κ2) is 15.3. The molecule has 0 saturated heterocycles. The summed E-state index contributed by atoms with van der Waals surface area (Å²) in [6.45, 7) is 4.50. The van der Waals surface area contributed by atoms with Crippen LogP contribution in [0.2, 0.25) is 0 Å². The Labute approximate surface area is 121 Å². The largest absolute Gasteiger partial charge is 0.123 e. The van der Waals surface area contributed by atoms with Gasteiger partial charge in [0, 0.05) is 5.38 Å². The molecule has 0 aliphatic heterocycles. The molecule has 0 radical (unpaired) electrons. The van der Waals surface area contributed by atoms with Gasteiger partial charge in [-0.25, -0.2) is 0 Å². The van der Waals surface area contributed by atoms with E-state index < -0.39 is 0 Å². The van der Waals surface area contributed by atoms with E-state index in [-0.39, 0.29) is 0 Å². The van der Waals surface area contributed by atoms with Gasteiger partial charge >= 0.3 is 0 Å². The first kappa shape index (κ1) is 18.3. The highest BCUT2D eigenvalue weighted by molar-refractivity contribution is 6.20. The lowest BCUT2D eigenvalue weighted by Crippen LogP contribution is -1.97. The number of hydrogen-bond donors (Lipinski definition) is 0. The van der Waals surface area contributed by atoms with Crippen LogP contribution in [0.4, 0.5) is 0 Å². The first-order valence-electron chi connectivity index (χ1n) is 8.45. The van der Waals surface area contributed by atoms with Crippen molar-refractivity contribution < 1.29 is 0 Å². The zero-order chi connectivity index (χ0) is 13.5. The predicted molar refractivity (Wildman–Crippen MR) is 85.6 cm³/mol. The topological polar surface area (TPSA) is 0 Å². The van der Waals surface area contributed by atoms with Crippen LogP contribution < -0.4 is 0 Å². The molecule has 0 aromatic heterocycles. The van der Waals surface area contributed by atoms with E-state index in [2.05, 4.69) is 13.8 Å². The normalized spacial score (nSPS) is 12.8. The van der Waals surface area contributed by atoms with Crippen LogP contribution >= 0.6 is 11.6 Å². The molecule has 1 unspecified atom stereocenters. The summed E-state index contributed by atoms with van der Waals surface area (Å²) < 4.78 is 0. The highest BCUT2D eigenvalue weighted by Crippen LogP contribution is 2.16. The zero-order valence-corrected chi connectivity index (χ0v) is 13.6. The third-order valence-corrected chi connectivity index (χ3v) is 4.16. The molecule has 0 heterocycles. The van der Waals surface area contributed by atoms with Gasteiger partial charge in [0.1, 0.15) is 0 Å². The Bertz CT molecular complexity index is 145. The first-order chi connectivity index (χ1) is 8.81. The zero-order valence-electron chi connectivity index (χ0n) is 12.9. The summed E-state index contributed by atoms with van der Waals surface area (Å²) in [6, 6.07) is 0. The van der Waals surface area contributed by atoms with Crippen molar-refractivity contribution in [3.63, 3.8) is 0 Å². The number of unbranched alkanes of at least 4 members (excludes halogenated alkanes) is 10. The summed E-state index contributed by atoms with van der Waals surface area (Å²) in [7, 11) is 0. The molecule has 0 N–H and O–H groups in total. The van der Waals surface area contributed by atoms with E-state index in [1.54, 1.807) is 0 Å². The standard InChI is InChI=1S/C17H35Cl/c1-3-5-6-7-8-9-10-11-12-13-14-16-17(18)15-4-2/h17H,3-16H2,1-2H3. The molecular formula is C17H35Cl. The Morgan fingerprint density at radius 3 is 1.44 bits per heavy atom. The molecule has 0 amide bonds. The highest BCUT2D eigenvalue weighted by atomic mass is 35.5. The van der Waals surface area contributed by atoms with Crippen molar-refractivity contribution in [1.82, 2.24) is 0 Å².